The van der Waals surface area contributed by atoms with Crippen molar-refractivity contribution in [3.63, 3.8) is 0 Å². The third-order valence-corrected chi connectivity index (χ3v) is 2.21. The molecule has 0 atom stereocenters. The Morgan fingerprint density at radius 2 is 2.33 bits per heavy atom. The van der Waals surface area contributed by atoms with Crippen LogP contribution in [0.5, 0.6) is 0 Å². The van der Waals surface area contributed by atoms with Gasteiger partial charge in [0.1, 0.15) is 12.4 Å². The molecule has 1 aromatic heterocycles. The van der Waals surface area contributed by atoms with Gasteiger partial charge in [0.15, 0.2) is 0 Å². The molecule has 1 rings (SSSR count). The molecule has 18 heavy (non-hydrogen) atoms. The number of carbonyl (C=O) groups is 2. The lowest BCUT2D eigenvalue weighted by Crippen LogP contribution is -2.43. The summed E-state index contributed by atoms with van der Waals surface area (Å²) in [6.45, 7) is 3.63. The number of nitrogens with one attached hydrogen (secondary N) is 1. The van der Waals surface area contributed by atoms with Crippen molar-refractivity contribution in [2.24, 2.45) is 0 Å². The Labute approximate surface area is 105 Å². The van der Waals surface area contributed by atoms with Crippen LogP contribution in [0.4, 0.5) is 4.79 Å². The summed E-state index contributed by atoms with van der Waals surface area (Å²) in [4.78, 5) is 32.1. The van der Waals surface area contributed by atoms with Crippen LogP contribution in [-0.4, -0.2) is 57.0 Å². The molecule has 0 aromatic carbocycles. The number of aromatic nitrogens is 2. The van der Waals surface area contributed by atoms with Gasteiger partial charge in [0.2, 0.25) is 0 Å². The van der Waals surface area contributed by atoms with Gasteiger partial charge in [0, 0.05) is 26.0 Å². The maximum Gasteiger partial charge on any atom is 0.323 e. The van der Waals surface area contributed by atoms with E-state index in [0.29, 0.717) is 12.4 Å². The average molecular weight is 252 g/mol. The number of aromatic amines is 1. The highest BCUT2D eigenvalue weighted by Crippen LogP contribution is 2.02. The van der Waals surface area contributed by atoms with Gasteiger partial charge in [-0.15, -0.1) is 6.58 Å². The molecule has 0 fully saturated rings. The molecule has 0 unspecified atom stereocenters. The molecule has 2 N–H and O–H groups in total. The molecule has 1 aromatic rings. The molecule has 0 bridgehead atoms. The molecule has 98 valence electrons. The van der Waals surface area contributed by atoms with Crippen LogP contribution >= 0.6 is 0 Å². The lowest BCUT2D eigenvalue weighted by Gasteiger charge is -2.25. The van der Waals surface area contributed by atoms with E-state index < -0.39 is 5.97 Å². The first-order chi connectivity index (χ1) is 8.54. The molecule has 1 heterocycles. The van der Waals surface area contributed by atoms with Crippen LogP contribution in [0.1, 0.15) is 5.82 Å². The van der Waals surface area contributed by atoms with Crippen molar-refractivity contribution in [2.45, 2.75) is 6.54 Å². The first-order valence-electron chi connectivity index (χ1n) is 5.35. The summed E-state index contributed by atoms with van der Waals surface area (Å²) in [5, 5.41) is 8.73. The monoisotopic (exact) mass is 252 g/mol. The van der Waals surface area contributed by atoms with Crippen LogP contribution in [0.15, 0.2) is 25.0 Å². The molecule has 7 nitrogen and oxygen atoms in total. The number of carbonyl (C=O) groups excluding carboxylic acids is 1. The minimum atomic E-state index is -1.06. The number of hydrogen-bond acceptors (Lipinski definition) is 3. The van der Waals surface area contributed by atoms with E-state index in [9.17, 15) is 9.59 Å². The van der Waals surface area contributed by atoms with Gasteiger partial charge in [-0.3, -0.25) is 4.79 Å². The van der Waals surface area contributed by atoms with E-state index in [-0.39, 0.29) is 19.1 Å². The Morgan fingerprint density at radius 1 is 1.61 bits per heavy atom. The minimum Gasteiger partial charge on any atom is -0.480 e. The fraction of sp³-hybridized carbons (Fsp3) is 0.364. The largest absolute Gasteiger partial charge is 0.480 e. The summed E-state index contributed by atoms with van der Waals surface area (Å²) >= 11 is 0. The van der Waals surface area contributed by atoms with Crippen molar-refractivity contribution < 1.29 is 14.7 Å². The van der Waals surface area contributed by atoms with Crippen molar-refractivity contribution >= 4 is 12.0 Å². The number of amides is 2. The van der Waals surface area contributed by atoms with Gasteiger partial charge in [-0.25, -0.2) is 9.78 Å². The molecule has 0 aliphatic carbocycles. The topological polar surface area (TPSA) is 89.5 Å². The van der Waals surface area contributed by atoms with Gasteiger partial charge in [-0.05, 0) is 0 Å². The first kappa shape index (κ1) is 13.8. The quantitative estimate of drug-likeness (QED) is 0.723. The highest BCUT2D eigenvalue weighted by Gasteiger charge is 2.19. The molecule has 2 amide bonds. The molecule has 0 saturated carbocycles. The second-order valence-electron chi connectivity index (χ2n) is 3.74. The lowest BCUT2D eigenvalue weighted by molar-refractivity contribution is -0.137. The van der Waals surface area contributed by atoms with Crippen molar-refractivity contribution in [2.75, 3.05) is 20.1 Å². The van der Waals surface area contributed by atoms with Crippen molar-refractivity contribution in [1.29, 1.82) is 0 Å². The second kappa shape index (κ2) is 6.43. The van der Waals surface area contributed by atoms with Crippen molar-refractivity contribution in [3.8, 4) is 0 Å². The zero-order valence-electron chi connectivity index (χ0n) is 10.2. The maximum absolute atomic E-state index is 12.0. The van der Waals surface area contributed by atoms with E-state index in [0.717, 1.165) is 0 Å². The average Bonchev–Trinajstić information content (AvgIpc) is 2.79. The highest BCUT2D eigenvalue weighted by atomic mass is 16.4. The van der Waals surface area contributed by atoms with E-state index in [1.165, 1.54) is 15.9 Å². The second-order valence-corrected chi connectivity index (χ2v) is 3.74. The summed E-state index contributed by atoms with van der Waals surface area (Å²) < 4.78 is 0. The number of carboxylic acids is 1. The fourth-order valence-corrected chi connectivity index (χ4v) is 1.45. The van der Waals surface area contributed by atoms with Crippen LogP contribution in [0.25, 0.3) is 0 Å². The molecule has 0 aliphatic heterocycles. The van der Waals surface area contributed by atoms with E-state index in [2.05, 4.69) is 16.5 Å². The Kier molecular flexibility index (Phi) is 4.91. The Morgan fingerprint density at radius 3 is 2.83 bits per heavy atom. The number of nitrogens with zero attached hydrogens (tertiary/aromatic N) is 3. The van der Waals surface area contributed by atoms with Crippen LogP contribution < -0.4 is 0 Å². The van der Waals surface area contributed by atoms with E-state index in [1.807, 2.05) is 0 Å². The number of aliphatic carboxylic acids is 1. The summed E-state index contributed by atoms with van der Waals surface area (Å²) in [6, 6.07) is -0.381. The molecule has 7 heteroatoms. The van der Waals surface area contributed by atoms with Gasteiger partial charge in [-0.1, -0.05) is 6.08 Å². The smallest absolute Gasteiger partial charge is 0.323 e. The fourth-order valence-electron chi connectivity index (χ4n) is 1.45. The summed E-state index contributed by atoms with van der Waals surface area (Å²) in [5.41, 5.74) is 0. The highest BCUT2D eigenvalue weighted by molar-refractivity contribution is 5.80. The maximum atomic E-state index is 12.0. The van der Waals surface area contributed by atoms with Crippen LogP contribution in [0, 0.1) is 0 Å². The minimum absolute atomic E-state index is 0.188. The molecular weight excluding hydrogens is 236 g/mol. The van der Waals surface area contributed by atoms with Crippen LogP contribution in [0.2, 0.25) is 0 Å². The number of carboxylic acid groups (broad SMARTS) is 1. The molecule has 0 radical (unpaired) electrons. The molecular formula is C11H16N4O3. The zero-order chi connectivity index (χ0) is 13.5. The Bertz CT molecular complexity index is 416. The van der Waals surface area contributed by atoms with E-state index in [1.54, 1.807) is 19.4 Å². The summed E-state index contributed by atoms with van der Waals surface area (Å²) in [5.74, 6) is -0.420. The normalized spacial score (nSPS) is 9.83. The summed E-state index contributed by atoms with van der Waals surface area (Å²) in [7, 11) is 1.59. The number of hydrogen-bond donors (Lipinski definition) is 2. The SMILES string of the molecule is C=CCN(CC(=O)O)C(=O)N(C)Cc1ncc[nH]1. The Hall–Kier alpha value is -2.31. The lowest BCUT2D eigenvalue weighted by atomic mass is 10.4. The summed E-state index contributed by atoms with van der Waals surface area (Å²) in [6.07, 6.45) is 4.74. The van der Waals surface area contributed by atoms with Crippen LogP contribution in [0.3, 0.4) is 0 Å². The van der Waals surface area contributed by atoms with Gasteiger partial charge < -0.3 is 19.9 Å². The van der Waals surface area contributed by atoms with Gasteiger partial charge in [0.25, 0.3) is 0 Å². The number of H-pyrrole nitrogens is 1. The standard InChI is InChI=1S/C11H16N4O3/c1-3-6-15(8-10(16)17)11(18)14(2)7-9-12-4-5-13-9/h3-5H,1,6-8H2,2H3,(H,12,13)(H,16,17). The number of rotatable bonds is 6. The van der Waals surface area contributed by atoms with Gasteiger partial charge in [0.05, 0.1) is 6.54 Å². The third kappa shape index (κ3) is 3.93. The van der Waals surface area contributed by atoms with E-state index >= 15 is 0 Å². The third-order valence-electron chi connectivity index (χ3n) is 2.21. The molecule has 0 saturated heterocycles. The van der Waals surface area contributed by atoms with E-state index in [4.69, 9.17) is 5.11 Å². The van der Waals surface area contributed by atoms with Crippen molar-refractivity contribution in [1.82, 2.24) is 19.8 Å². The Balaban J connectivity index is 2.63. The van der Waals surface area contributed by atoms with Crippen molar-refractivity contribution in [3.05, 3.63) is 30.9 Å². The van der Waals surface area contributed by atoms with Crippen LogP contribution in [-0.2, 0) is 11.3 Å². The predicted octanol–water partition coefficient (Wildman–Crippen LogP) is 0.534. The predicted molar refractivity (Wildman–Crippen MR) is 64.9 cm³/mol. The van der Waals surface area contributed by atoms with Gasteiger partial charge >= 0.3 is 12.0 Å². The van der Waals surface area contributed by atoms with Gasteiger partial charge in [-0.2, -0.15) is 0 Å². The number of urea groups is 1. The molecule has 0 spiro atoms. The molecule has 0 aliphatic rings. The zero-order valence-corrected chi connectivity index (χ0v) is 10.2. The first-order valence-corrected chi connectivity index (χ1v) is 5.35. The number of imidazole rings is 1.